The summed E-state index contributed by atoms with van der Waals surface area (Å²) >= 11 is 1.12. The largest absolute Gasteiger partial charge is 0.457 e. The molecule has 1 heterocycles. The second kappa shape index (κ2) is 9.44. The van der Waals surface area contributed by atoms with E-state index in [4.69, 9.17) is 9.15 Å². The number of carbonyl (C=O) groups excluding carboxylic acids is 1. The molecule has 31 heavy (non-hydrogen) atoms. The molecule has 0 saturated carbocycles. The van der Waals surface area contributed by atoms with Gasteiger partial charge in [0.05, 0.1) is 5.75 Å². The van der Waals surface area contributed by atoms with Crippen LogP contribution in [0.3, 0.4) is 0 Å². The van der Waals surface area contributed by atoms with Crippen molar-refractivity contribution in [1.82, 2.24) is 10.2 Å². The summed E-state index contributed by atoms with van der Waals surface area (Å²) in [6.45, 7) is 2.00. The summed E-state index contributed by atoms with van der Waals surface area (Å²) in [4.78, 5) is 12.2. The summed E-state index contributed by atoms with van der Waals surface area (Å²) in [6, 6.07) is 20.6. The topological polar surface area (TPSA) is 77.2 Å². The molecule has 156 valence electrons. The van der Waals surface area contributed by atoms with Gasteiger partial charge in [0.25, 0.3) is 5.22 Å². The molecule has 8 heteroatoms. The number of aromatic nitrogens is 2. The maximum Gasteiger partial charge on any atom is 0.277 e. The Morgan fingerprint density at radius 2 is 1.81 bits per heavy atom. The number of rotatable bonds is 7. The molecule has 3 aromatic carbocycles. The zero-order valence-corrected chi connectivity index (χ0v) is 17.4. The van der Waals surface area contributed by atoms with Gasteiger partial charge < -0.3 is 14.5 Å². The third-order valence-corrected chi connectivity index (χ3v) is 5.01. The van der Waals surface area contributed by atoms with Crippen molar-refractivity contribution in [2.75, 3.05) is 11.1 Å². The molecular weight excluding hydrogens is 417 g/mol. The highest BCUT2D eigenvalue weighted by molar-refractivity contribution is 7.99. The van der Waals surface area contributed by atoms with Crippen LogP contribution in [0.25, 0.3) is 11.5 Å². The molecule has 0 bridgehead atoms. The van der Waals surface area contributed by atoms with Crippen molar-refractivity contribution in [3.63, 3.8) is 0 Å². The summed E-state index contributed by atoms with van der Waals surface area (Å²) in [7, 11) is 0. The van der Waals surface area contributed by atoms with Gasteiger partial charge in [-0.2, -0.15) is 0 Å². The van der Waals surface area contributed by atoms with E-state index in [9.17, 15) is 9.18 Å². The Balaban J connectivity index is 1.28. The third-order valence-electron chi connectivity index (χ3n) is 4.19. The molecule has 0 aliphatic carbocycles. The van der Waals surface area contributed by atoms with Crippen molar-refractivity contribution in [2.24, 2.45) is 0 Å². The minimum atomic E-state index is -0.343. The Morgan fingerprint density at radius 3 is 2.55 bits per heavy atom. The molecule has 0 aliphatic heterocycles. The minimum absolute atomic E-state index is 0.104. The van der Waals surface area contributed by atoms with Crippen LogP contribution in [0.1, 0.15) is 5.56 Å². The summed E-state index contributed by atoms with van der Waals surface area (Å²) in [6.07, 6.45) is 0. The number of nitrogens with zero attached hydrogens (tertiary/aromatic N) is 2. The average Bonchev–Trinajstić information content (AvgIpc) is 3.23. The molecule has 6 nitrogen and oxygen atoms in total. The number of hydrogen-bond acceptors (Lipinski definition) is 6. The van der Waals surface area contributed by atoms with Gasteiger partial charge in [0, 0.05) is 11.3 Å². The first-order chi connectivity index (χ1) is 15.0. The maximum absolute atomic E-state index is 13.0. The van der Waals surface area contributed by atoms with Gasteiger partial charge in [-0.25, -0.2) is 4.39 Å². The third kappa shape index (κ3) is 5.70. The van der Waals surface area contributed by atoms with Gasteiger partial charge in [0.1, 0.15) is 17.3 Å². The summed E-state index contributed by atoms with van der Waals surface area (Å²) in [5, 5.41) is 10.9. The number of ether oxygens (including phenoxy) is 1. The molecule has 1 aromatic heterocycles. The van der Waals surface area contributed by atoms with Gasteiger partial charge in [0.2, 0.25) is 11.8 Å². The monoisotopic (exact) mass is 435 g/mol. The number of halogens is 1. The lowest BCUT2D eigenvalue weighted by Crippen LogP contribution is -2.13. The first kappa shape index (κ1) is 20.6. The van der Waals surface area contributed by atoms with Crippen LogP contribution < -0.4 is 10.1 Å². The fourth-order valence-corrected chi connectivity index (χ4v) is 3.29. The second-order valence-corrected chi connectivity index (χ2v) is 7.59. The SMILES string of the molecule is Cc1cccc(Oc2ccc(NC(=O)CSc3nnc(-c4ccc(F)cc4)o3)cc2)c1. The van der Waals surface area contributed by atoms with Crippen molar-refractivity contribution in [3.05, 3.63) is 84.2 Å². The van der Waals surface area contributed by atoms with Crippen LogP contribution in [-0.2, 0) is 4.79 Å². The fraction of sp³-hybridized carbons (Fsp3) is 0.0870. The number of thioether (sulfide) groups is 1. The predicted octanol–water partition coefficient (Wildman–Crippen LogP) is 5.71. The van der Waals surface area contributed by atoms with Crippen LogP contribution in [0.15, 0.2) is 82.4 Å². The van der Waals surface area contributed by atoms with E-state index in [1.807, 2.05) is 31.2 Å². The normalized spacial score (nSPS) is 10.6. The van der Waals surface area contributed by atoms with Crippen molar-refractivity contribution in [1.29, 1.82) is 0 Å². The maximum atomic E-state index is 13.0. The molecule has 0 radical (unpaired) electrons. The van der Waals surface area contributed by atoms with Gasteiger partial charge in [-0.3, -0.25) is 4.79 Å². The molecule has 0 spiro atoms. The summed E-state index contributed by atoms with van der Waals surface area (Å²) in [5.41, 5.74) is 2.38. The first-order valence-corrected chi connectivity index (χ1v) is 10.4. The lowest BCUT2D eigenvalue weighted by molar-refractivity contribution is -0.113. The fourth-order valence-electron chi connectivity index (χ4n) is 2.72. The van der Waals surface area contributed by atoms with Crippen LogP contribution in [0.5, 0.6) is 11.5 Å². The molecule has 0 fully saturated rings. The quantitative estimate of drug-likeness (QED) is 0.375. The minimum Gasteiger partial charge on any atom is -0.457 e. The summed E-state index contributed by atoms with van der Waals surface area (Å²) in [5.74, 6) is 1.26. The van der Waals surface area contributed by atoms with Crippen LogP contribution in [0, 0.1) is 12.7 Å². The Kier molecular flexibility index (Phi) is 6.28. The highest BCUT2D eigenvalue weighted by atomic mass is 32.2. The zero-order valence-electron chi connectivity index (χ0n) is 16.5. The standard InChI is InChI=1S/C23H18FN3O3S/c1-15-3-2-4-20(13-15)29-19-11-9-18(10-12-19)25-21(28)14-31-23-27-26-22(30-23)16-5-7-17(24)8-6-16/h2-13H,14H2,1H3,(H,25,28). The van der Waals surface area contributed by atoms with Crippen LogP contribution >= 0.6 is 11.8 Å². The number of nitrogens with one attached hydrogen (secondary N) is 1. The molecule has 0 saturated heterocycles. The van der Waals surface area contributed by atoms with Gasteiger partial charge in [-0.15, -0.1) is 10.2 Å². The van der Waals surface area contributed by atoms with E-state index in [1.54, 1.807) is 36.4 Å². The number of carbonyl (C=O) groups is 1. The first-order valence-electron chi connectivity index (χ1n) is 9.42. The summed E-state index contributed by atoms with van der Waals surface area (Å²) < 4.78 is 24.3. The lowest BCUT2D eigenvalue weighted by atomic mass is 10.2. The predicted molar refractivity (Wildman–Crippen MR) is 117 cm³/mol. The van der Waals surface area contributed by atoms with E-state index in [2.05, 4.69) is 15.5 Å². The molecule has 1 N–H and O–H groups in total. The smallest absolute Gasteiger partial charge is 0.277 e. The molecular formula is C23H18FN3O3S. The van der Waals surface area contributed by atoms with Crippen molar-refractivity contribution >= 4 is 23.4 Å². The van der Waals surface area contributed by atoms with Gasteiger partial charge in [-0.05, 0) is 73.2 Å². The van der Waals surface area contributed by atoms with Gasteiger partial charge in [0.15, 0.2) is 0 Å². The molecule has 1 amide bonds. The molecule has 4 rings (SSSR count). The van der Waals surface area contributed by atoms with Crippen molar-refractivity contribution in [2.45, 2.75) is 12.1 Å². The lowest BCUT2D eigenvalue weighted by Gasteiger charge is -2.08. The highest BCUT2D eigenvalue weighted by Crippen LogP contribution is 2.25. The van der Waals surface area contributed by atoms with E-state index >= 15 is 0 Å². The number of amides is 1. The number of aryl methyl sites for hydroxylation is 1. The Bertz CT molecular complexity index is 1180. The number of anilines is 1. The Labute approximate surface area is 182 Å². The highest BCUT2D eigenvalue weighted by Gasteiger charge is 2.12. The number of hydrogen-bond donors (Lipinski definition) is 1. The molecule has 4 aromatic rings. The molecule has 0 unspecified atom stereocenters. The van der Waals surface area contributed by atoms with Gasteiger partial charge in [-0.1, -0.05) is 23.9 Å². The second-order valence-electron chi connectivity index (χ2n) is 6.66. The molecule has 0 atom stereocenters. The van der Waals surface area contributed by atoms with E-state index in [0.29, 0.717) is 17.0 Å². The Morgan fingerprint density at radius 1 is 1.03 bits per heavy atom. The average molecular weight is 435 g/mol. The van der Waals surface area contributed by atoms with Crippen LogP contribution in [-0.4, -0.2) is 21.9 Å². The number of benzene rings is 3. The van der Waals surface area contributed by atoms with E-state index in [0.717, 1.165) is 23.1 Å². The molecule has 0 aliphatic rings. The Hall–Kier alpha value is -3.65. The van der Waals surface area contributed by atoms with Crippen molar-refractivity contribution in [3.8, 4) is 23.0 Å². The van der Waals surface area contributed by atoms with Crippen LogP contribution in [0.4, 0.5) is 10.1 Å². The van der Waals surface area contributed by atoms with E-state index in [-0.39, 0.29) is 28.6 Å². The van der Waals surface area contributed by atoms with Crippen LogP contribution in [0.2, 0.25) is 0 Å². The van der Waals surface area contributed by atoms with Crippen molar-refractivity contribution < 1.29 is 18.3 Å². The van der Waals surface area contributed by atoms with E-state index in [1.165, 1.54) is 12.1 Å². The van der Waals surface area contributed by atoms with E-state index < -0.39 is 0 Å². The zero-order chi connectivity index (χ0) is 21.6. The van der Waals surface area contributed by atoms with Gasteiger partial charge >= 0.3 is 0 Å².